The van der Waals surface area contributed by atoms with Crippen LogP contribution in [0.2, 0.25) is 5.02 Å². The first-order valence-corrected chi connectivity index (χ1v) is 8.96. The summed E-state index contributed by atoms with van der Waals surface area (Å²) in [6.45, 7) is 1.05. The van der Waals surface area contributed by atoms with Gasteiger partial charge >= 0.3 is 0 Å². The molecule has 1 fully saturated rings. The summed E-state index contributed by atoms with van der Waals surface area (Å²) >= 11 is 5.90. The minimum absolute atomic E-state index is 0.128. The number of halogens is 1. The molecule has 2 aliphatic rings. The van der Waals surface area contributed by atoms with Crippen molar-refractivity contribution in [1.82, 2.24) is 4.90 Å². The highest BCUT2D eigenvalue weighted by molar-refractivity contribution is 8.08. The molecule has 10 heteroatoms. The van der Waals surface area contributed by atoms with Crippen molar-refractivity contribution in [3.8, 4) is 6.07 Å². The normalized spacial score (nSPS) is 19.2. The molecule has 0 radical (unpaired) electrons. The zero-order valence-corrected chi connectivity index (χ0v) is 14.0. The fourth-order valence-electron chi connectivity index (χ4n) is 2.48. The smallest absolute Gasteiger partial charge is 0.286 e. The van der Waals surface area contributed by atoms with Crippen molar-refractivity contribution >= 4 is 38.1 Å². The second-order valence-electron chi connectivity index (χ2n) is 5.14. The van der Waals surface area contributed by atoms with Gasteiger partial charge in [-0.15, -0.1) is 0 Å². The van der Waals surface area contributed by atoms with E-state index in [1.54, 1.807) is 0 Å². The van der Waals surface area contributed by atoms with Crippen LogP contribution in [0.15, 0.2) is 28.2 Å². The largest absolute Gasteiger partial charge is 0.378 e. The number of carbonyl (C=O) groups is 1. The summed E-state index contributed by atoms with van der Waals surface area (Å²) in [6.07, 6.45) is 0. The van der Waals surface area contributed by atoms with Crippen molar-refractivity contribution in [3.63, 3.8) is 0 Å². The van der Waals surface area contributed by atoms with Crippen LogP contribution in [0.4, 0.5) is 5.69 Å². The summed E-state index contributed by atoms with van der Waals surface area (Å²) in [6, 6.07) is 6.14. The Labute approximate surface area is 143 Å². The maximum atomic E-state index is 12.8. The van der Waals surface area contributed by atoms with E-state index in [1.165, 1.54) is 28.1 Å². The van der Waals surface area contributed by atoms with Crippen LogP contribution in [0.3, 0.4) is 0 Å². The predicted octanol–water partition coefficient (Wildman–Crippen LogP) is 0.630. The van der Waals surface area contributed by atoms with Crippen molar-refractivity contribution in [1.29, 1.82) is 5.26 Å². The number of carbonyl (C=O) groups excluding carboxylic acids is 1. The maximum Gasteiger partial charge on any atom is 0.286 e. The van der Waals surface area contributed by atoms with Gasteiger partial charge in [0.05, 0.1) is 25.0 Å². The van der Waals surface area contributed by atoms with Crippen LogP contribution in [-0.2, 0) is 19.4 Å². The number of hydrogen-bond acceptors (Lipinski definition) is 7. The van der Waals surface area contributed by atoms with E-state index in [9.17, 15) is 13.2 Å². The third-order valence-electron chi connectivity index (χ3n) is 3.66. The van der Waals surface area contributed by atoms with E-state index in [4.69, 9.17) is 21.6 Å². The first-order chi connectivity index (χ1) is 11.4. The second kappa shape index (κ2) is 6.39. The number of sulfone groups is 1. The molecule has 2 aliphatic heterocycles. The first kappa shape index (κ1) is 16.7. The van der Waals surface area contributed by atoms with Crippen molar-refractivity contribution in [2.75, 3.05) is 37.9 Å². The van der Waals surface area contributed by atoms with Crippen molar-refractivity contribution < 1.29 is 17.9 Å². The number of hydrogen-bond donors (Lipinski definition) is 0. The van der Waals surface area contributed by atoms with Crippen LogP contribution in [0.1, 0.15) is 0 Å². The number of rotatable bonds is 2. The van der Waals surface area contributed by atoms with Crippen molar-refractivity contribution in [2.45, 2.75) is 4.90 Å². The molecule has 0 aromatic heterocycles. The summed E-state index contributed by atoms with van der Waals surface area (Å²) in [5.74, 6) is -0.702. The number of nitriles is 1. The molecule has 3 rings (SSSR count). The molecule has 0 N–H and O–H groups in total. The number of hydrazone groups is 1. The molecular formula is C14H13ClN4O4S. The summed E-state index contributed by atoms with van der Waals surface area (Å²) < 4.78 is 30.8. The lowest BCUT2D eigenvalue weighted by Crippen LogP contribution is -2.47. The first-order valence-electron chi connectivity index (χ1n) is 7.10. The van der Waals surface area contributed by atoms with Crippen LogP contribution >= 0.6 is 11.6 Å². The van der Waals surface area contributed by atoms with E-state index in [2.05, 4.69) is 5.10 Å². The van der Waals surface area contributed by atoms with Crippen LogP contribution in [0.5, 0.6) is 0 Å². The highest BCUT2D eigenvalue weighted by atomic mass is 35.5. The Balaban J connectivity index is 2.08. The molecule has 1 amide bonds. The summed E-state index contributed by atoms with van der Waals surface area (Å²) in [5.41, 5.74) is 0.222. The number of nitrogens with zero attached hydrogens (tertiary/aromatic N) is 4. The quantitative estimate of drug-likeness (QED) is 0.709. The number of ether oxygens (including phenoxy) is 1. The van der Waals surface area contributed by atoms with Gasteiger partial charge in [-0.3, -0.25) is 4.79 Å². The number of morpholine rings is 1. The molecule has 0 unspecified atom stereocenters. The zero-order chi connectivity index (χ0) is 17.3. The van der Waals surface area contributed by atoms with Gasteiger partial charge in [0, 0.05) is 18.1 Å². The van der Waals surface area contributed by atoms with E-state index >= 15 is 0 Å². The summed E-state index contributed by atoms with van der Waals surface area (Å²) in [7, 11) is -4.12. The number of fused-ring (bicyclic) bond motifs is 1. The lowest BCUT2D eigenvalue weighted by molar-refractivity contribution is -0.127. The minimum atomic E-state index is -4.12. The van der Waals surface area contributed by atoms with Gasteiger partial charge in [-0.05, 0) is 18.2 Å². The van der Waals surface area contributed by atoms with Crippen LogP contribution in [-0.4, -0.2) is 57.1 Å². The Morgan fingerprint density at radius 3 is 2.75 bits per heavy atom. The van der Waals surface area contributed by atoms with Crippen molar-refractivity contribution in [3.05, 3.63) is 23.2 Å². The average molecular weight is 369 g/mol. The Morgan fingerprint density at radius 1 is 1.38 bits per heavy atom. The second-order valence-corrected chi connectivity index (χ2v) is 7.41. The molecule has 24 heavy (non-hydrogen) atoms. The van der Waals surface area contributed by atoms with Crippen LogP contribution in [0.25, 0.3) is 0 Å². The minimum Gasteiger partial charge on any atom is -0.378 e. The van der Waals surface area contributed by atoms with Gasteiger partial charge in [0.2, 0.25) is 14.9 Å². The fraction of sp³-hybridized carbons (Fsp3) is 0.357. The third kappa shape index (κ3) is 2.84. The molecule has 126 valence electrons. The lowest BCUT2D eigenvalue weighted by Gasteiger charge is -2.30. The van der Waals surface area contributed by atoms with Crippen LogP contribution < -0.4 is 5.01 Å². The zero-order valence-electron chi connectivity index (χ0n) is 12.5. The molecular weight excluding hydrogens is 356 g/mol. The van der Waals surface area contributed by atoms with Gasteiger partial charge in [-0.1, -0.05) is 11.6 Å². The monoisotopic (exact) mass is 368 g/mol. The van der Waals surface area contributed by atoms with Gasteiger partial charge in [0.15, 0.2) is 0 Å². The number of amides is 1. The predicted molar refractivity (Wildman–Crippen MR) is 86.4 cm³/mol. The van der Waals surface area contributed by atoms with E-state index < -0.39 is 20.8 Å². The molecule has 2 heterocycles. The van der Waals surface area contributed by atoms with E-state index in [0.29, 0.717) is 13.2 Å². The standard InChI is InChI=1S/C14H13ClN4O4S/c15-10-1-2-11-12(9-10)24(21,22)13(17-19(11)4-3-16)14(20)18-5-7-23-8-6-18/h1-2,9H,4-8H2. The molecule has 1 saturated heterocycles. The molecule has 0 saturated carbocycles. The van der Waals surface area contributed by atoms with E-state index in [1.807, 2.05) is 6.07 Å². The van der Waals surface area contributed by atoms with Gasteiger partial charge < -0.3 is 9.64 Å². The maximum absolute atomic E-state index is 12.8. The van der Waals surface area contributed by atoms with Gasteiger partial charge in [0.25, 0.3) is 5.91 Å². The van der Waals surface area contributed by atoms with E-state index in [-0.39, 0.29) is 35.2 Å². The van der Waals surface area contributed by atoms with Gasteiger partial charge in [-0.2, -0.15) is 10.4 Å². The molecule has 1 aromatic rings. The Morgan fingerprint density at radius 2 is 2.08 bits per heavy atom. The average Bonchev–Trinajstić information content (AvgIpc) is 2.58. The molecule has 0 atom stereocenters. The molecule has 0 spiro atoms. The van der Waals surface area contributed by atoms with Crippen LogP contribution in [0, 0.1) is 11.3 Å². The summed E-state index contributed by atoms with van der Waals surface area (Å²) in [4.78, 5) is 13.9. The Hall–Kier alpha value is -2.15. The molecule has 0 aliphatic carbocycles. The number of anilines is 1. The van der Waals surface area contributed by atoms with E-state index in [0.717, 1.165) is 0 Å². The van der Waals surface area contributed by atoms with Crippen molar-refractivity contribution in [2.24, 2.45) is 5.10 Å². The SMILES string of the molecule is N#CCN1N=C(C(=O)N2CCOCC2)S(=O)(=O)c2cc(Cl)ccc21. The van der Waals surface area contributed by atoms with Gasteiger partial charge in [0.1, 0.15) is 11.4 Å². The highest BCUT2D eigenvalue weighted by Gasteiger charge is 2.39. The Bertz CT molecular complexity index is 856. The topological polar surface area (TPSA) is 103 Å². The van der Waals surface area contributed by atoms with Gasteiger partial charge in [-0.25, -0.2) is 13.4 Å². The number of benzene rings is 1. The summed E-state index contributed by atoms with van der Waals surface area (Å²) in [5, 5.41) is 13.7. The Kier molecular flexibility index (Phi) is 4.45. The third-order valence-corrected chi connectivity index (χ3v) is 5.56. The highest BCUT2D eigenvalue weighted by Crippen LogP contribution is 2.34. The molecule has 8 nitrogen and oxygen atoms in total. The lowest BCUT2D eigenvalue weighted by atomic mass is 10.3. The molecule has 1 aromatic carbocycles. The fourth-order valence-corrected chi connectivity index (χ4v) is 4.23. The molecule has 0 bridgehead atoms.